The molecule has 0 radical (unpaired) electrons. The fourth-order valence-electron chi connectivity index (χ4n) is 1.43. The molecule has 0 aliphatic heterocycles. The Morgan fingerprint density at radius 1 is 1.42 bits per heavy atom. The number of nitrogens with one attached hydrogen (secondary N) is 2. The van der Waals surface area contributed by atoms with Gasteiger partial charge in [-0.2, -0.15) is 18.3 Å². The topological polar surface area (TPSA) is 67.0 Å². The number of anilines is 1. The van der Waals surface area contributed by atoms with Crippen molar-refractivity contribution in [1.82, 2.24) is 10.2 Å². The minimum absolute atomic E-state index is 0.0244. The van der Waals surface area contributed by atoms with Gasteiger partial charge in [-0.3, -0.25) is 4.79 Å². The second kappa shape index (κ2) is 6.05. The lowest BCUT2D eigenvalue weighted by atomic mass is 10.2. The summed E-state index contributed by atoms with van der Waals surface area (Å²) in [7, 11) is 0. The fraction of sp³-hybridized carbons (Fsp3) is 0.636. The maximum atomic E-state index is 12.8. The van der Waals surface area contributed by atoms with Crippen molar-refractivity contribution in [1.29, 1.82) is 0 Å². The average Bonchev–Trinajstić information content (AvgIpc) is 2.24. The van der Waals surface area contributed by atoms with Gasteiger partial charge in [0.15, 0.2) is 0 Å². The Morgan fingerprint density at radius 3 is 2.58 bits per heavy atom. The molecule has 0 saturated heterocycles. The Kier molecular flexibility index (Phi) is 4.93. The number of hydrogen-bond donors (Lipinski definition) is 2. The van der Waals surface area contributed by atoms with Gasteiger partial charge in [0.05, 0.1) is 24.6 Å². The molecule has 1 heterocycles. The SMILES string of the molecule is CC(C)OC[C@H](C)Nc1cn[nH]c(=O)c1C(F)(F)F. The number of aromatic amines is 1. The van der Waals surface area contributed by atoms with E-state index in [2.05, 4.69) is 10.4 Å². The lowest BCUT2D eigenvalue weighted by Crippen LogP contribution is -2.29. The van der Waals surface area contributed by atoms with Crippen molar-refractivity contribution in [2.45, 2.75) is 39.1 Å². The quantitative estimate of drug-likeness (QED) is 0.865. The van der Waals surface area contributed by atoms with Crippen LogP contribution in [0.3, 0.4) is 0 Å². The van der Waals surface area contributed by atoms with Crippen LogP contribution in [0.4, 0.5) is 18.9 Å². The van der Waals surface area contributed by atoms with Crippen LogP contribution in [0.5, 0.6) is 0 Å². The van der Waals surface area contributed by atoms with Gasteiger partial charge in [-0.25, -0.2) is 5.10 Å². The molecule has 0 saturated carbocycles. The highest BCUT2D eigenvalue weighted by Crippen LogP contribution is 2.31. The van der Waals surface area contributed by atoms with Gasteiger partial charge in [0, 0.05) is 6.04 Å². The molecular weight excluding hydrogens is 263 g/mol. The van der Waals surface area contributed by atoms with Crippen LogP contribution < -0.4 is 10.9 Å². The number of rotatable bonds is 5. The first-order valence-corrected chi connectivity index (χ1v) is 5.74. The molecule has 0 aromatic carbocycles. The third kappa shape index (κ3) is 4.55. The summed E-state index contributed by atoms with van der Waals surface area (Å²) < 4.78 is 43.5. The summed E-state index contributed by atoms with van der Waals surface area (Å²) in [6.07, 6.45) is -3.82. The maximum Gasteiger partial charge on any atom is 0.423 e. The van der Waals surface area contributed by atoms with E-state index in [0.717, 1.165) is 6.20 Å². The highest BCUT2D eigenvalue weighted by Gasteiger charge is 2.37. The lowest BCUT2D eigenvalue weighted by Gasteiger charge is -2.19. The molecule has 0 amide bonds. The molecule has 0 bridgehead atoms. The van der Waals surface area contributed by atoms with Crippen LogP contribution >= 0.6 is 0 Å². The molecule has 0 unspecified atom stereocenters. The molecule has 108 valence electrons. The molecule has 0 fully saturated rings. The predicted molar refractivity (Wildman–Crippen MR) is 64.0 cm³/mol. The molecular formula is C11H16F3N3O2. The number of nitrogens with zero attached hydrogens (tertiary/aromatic N) is 1. The van der Waals surface area contributed by atoms with Gasteiger partial charge in [0.1, 0.15) is 5.56 Å². The van der Waals surface area contributed by atoms with Crippen molar-refractivity contribution < 1.29 is 17.9 Å². The summed E-state index contributed by atoms with van der Waals surface area (Å²) in [6, 6.07) is -0.382. The smallest absolute Gasteiger partial charge is 0.378 e. The molecule has 1 rings (SSSR count). The molecule has 19 heavy (non-hydrogen) atoms. The van der Waals surface area contributed by atoms with E-state index in [4.69, 9.17) is 4.74 Å². The average molecular weight is 279 g/mol. The second-order valence-electron chi connectivity index (χ2n) is 4.41. The zero-order chi connectivity index (χ0) is 14.6. The van der Waals surface area contributed by atoms with Gasteiger partial charge in [-0.15, -0.1) is 0 Å². The van der Waals surface area contributed by atoms with Crippen molar-refractivity contribution >= 4 is 5.69 Å². The predicted octanol–water partition coefficient (Wildman–Crippen LogP) is 2.01. The molecule has 1 aromatic heterocycles. The fourth-order valence-corrected chi connectivity index (χ4v) is 1.43. The first-order chi connectivity index (χ1) is 8.71. The molecule has 0 aliphatic rings. The van der Waals surface area contributed by atoms with Crippen LogP contribution in [-0.2, 0) is 10.9 Å². The summed E-state index contributed by atoms with van der Waals surface area (Å²) in [5, 5.41) is 7.73. The number of alkyl halides is 3. The first-order valence-electron chi connectivity index (χ1n) is 5.74. The van der Waals surface area contributed by atoms with Crippen molar-refractivity contribution in [3.05, 3.63) is 22.1 Å². The Balaban J connectivity index is 2.90. The zero-order valence-electron chi connectivity index (χ0n) is 10.8. The van der Waals surface area contributed by atoms with Crippen molar-refractivity contribution in [2.24, 2.45) is 0 Å². The van der Waals surface area contributed by atoms with Crippen LogP contribution in [0, 0.1) is 0 Å². The number of ether oxygens (including phenoxy) is 1. The first kappa shape index (κ1) is 15.5. The van der Waals surface area contributed by atoms with E-state index >= 15 is 0 Å². The normalized spacial score (nSPS) is 13.6. The van der Waals surface area contributed by atoms with Crippen LogP contribution in [0.1, 0.15) is 26.3 Å². The van der Waals surface area contributed by atoms with Crippen LogP contribution in [-0.4, -0.2) is 29.0 Å². The highest BCUT2D eigenvalue weighted by atomic mass is 19.4. The van der Waals surface area contributed by atoms with Crippen LogP contribution in [0.2, 0.25) is 0 Å². The van der Waals surface area contributed by atoms with E-state index in [1.165, 1.54) is 0 Å². The second-order valence-corrected chi connectivity index (χ2v) is 4.41. The number of H-pyrrole nitrogens is 1. The van der Waals surface area contributed by atoms with E-state index in [1.807, 2.05) is 13.8 Å². The molecule has 1 aromatic rings. The molecule has 5 nitrogen and oxygen atoms in total. The maximum absolute atomic E-state index is 12.8. The number of hydrogen-bond acceptors (Lipinski definition) is 4. The van der Waals surface area contributed by atoms with E-state index < -0.39 is 17.3 Å². The molecule has 0 spiro atoms. The standard InChI is InChI=1S/C11H16F3N3O2/c1-6(2)19-5-7(3)16-8-4-15-17-10(18)9(8)11(12,13)14/h4,6-7H,5H2,1-3H3,(H2,16,17,18)/t7-/m0/s1. The minimum atomic E-state index is -4.74. The van der Waals surface area contributed by atoms with Crippen molar-refractivity contribution in [3.8, 4) is 0 Å². The minimum Gasteiger partial charge on any atom is -0.378 e. The Bertz CT molecular complexity index is 471. The van der Waals surface area contributed by atoms with Crippen LogP contribution in [0.15, 0.2) is 11.0 Å². The third-order valence-corrected chi connectivity index (χ3v) is 2.22. The Hall–Kier alpha value is -1.57. The van der Waals surface area contributed by atoms with Gasteiger partial charge in [0.25, 0.3) is 5.56 Å². The molecule has 0 aliphatic carbocycles. The van der Waals surface area contributed by atoms with E-state index in [-0.39, 0.29) is 24.4 Å². The lowest BCUT2D eigenvalue weighted by molar-refractivity contribution is -0.138. The van der Waals surface area contributed by atoms with Crippen LogP contribution in [0.25, 0.3) is 0 Å². The summed E-state index contributed by atoms with van der Waals surface area (Å²) in [4.78, 5) is 11.2. The summed E-state index contributed by atoms with van der Waals surface area (Å²) >= 11 is 0. The molecule has 2 N–H and O–H groups in total. The third-order valence-electron chi connectivity index (χ3n) is 2.22. The van der Waals surface area contributed by atoms with Gasteiger partial charge < -0.3 is 10.1 Å². The summed E-state index contributed by atoms with van der Waals surface area (Å²) in [5.41, 5.74) is -2.90. The summed E-state index contributed by atoms with van der Waals surface area (Å²) in [5.74, 6) is 0. The van der Waals surface area contributed by atoms with Gasteiger partial charge >= 0.3 is 6.18 Å². The van der Waals surface area contributed by atoms with Gasteiger partial charge in [-0.05, 0) is 20.8 Å². The van der Waals surface area contributed by atoms with Crippen molar-refractivity contribution in [3.63, 3.8) is 0 Å². The monoisotopic (exact) mass is 279 g/mol. The largest absolute Gasteiger partial charge is 0.423 e. The van der Waals surface area contributed by atoms with Gasteiger partial charge in [-0.1, -0.05) is 0 Å². The summed E-state index contributed by atoms with van der Waals surface area (Å²) in [6.45, 7) is 5.52. The van der Waals surface area contributed by atoms with E-state index in [0.29, 0.717) is 0 Å². The number of halogens is 3. The highest BCUT2D eigenvalue weighted by molar-refractivity contribution is 5.50. The Labute approximate surface area is 108 Å². The molecule has 8 heteroatoms. The van der Waals surface area contributed by atoms with Gasteiger partial charge in [0.2, 0.25) is 0 Å². The molecule has 1 atom stereocenters. The van der Waals surface area contributed by atoms with E-state index in [1.54, 1.807) is 12.0 Å². The van der Waals surface area contributed by atoms with E-state index in [9.17, 15) is 18.0 Å². The van der Waals surface area contributed by atoms with Crippen molar-refractivity contribution in [2.75, 3.05) is 11.9 Å². The zero-order valence-corrected chi connectivity index (χ0v) is 10.8. The Morgan fingerprint density at radius 2 is 2.05 bits per heavy atom. The number of aromatic nitrogens is 2.